The van der Waals surface area contributed by atoms with Crippen molar-refractivity contribution in [2.45, 2.75) is 46.3 Å². The molecule has 0 aliphatic heterocycles. The summed E-state index contributed by atoms with van der Waals surface area (Å²) in [6, 6.07) is 5.88. The number of benzene rings is 1. The second kappa shape index (κ2) is 7.87. The average Bonchev–Trinajstić information content (AvgIpc) is 2.36. The SMILES string of the molecule is CC(C)NCC(=O)N(Cc1ccc(Cl)c(Cl)c1)C(C)C. The highest BCUT2D eigenvalue weighted by Crippen LogP contribution is 2.23. The minimum Gasteiger partial charge on any atom is -0.335 e. The maximum Gasteiger partial charge on any atom is 0.237 e. The Morgan fingerprint density at radius 3 is 2.35 bits per heavy atom. The van der Waals surface area contributed by atoms with Gasteiger partial charge in [0.05, 0.1) is 16.6 Å². The predicted octanol–water partition coefficient (Wildman–Crippen LogP) is 3.73. The molecule has 1 amide bonds. The lowest BCUT2D eigenvalue weighted by molar-refractivity contribution is -0.132. The van der Waals surface area contributed by atoms with Crippen molar-refractivity contribution in [1.82, 2.24) is 10.2 Å². The molecule has 0 aliphatic rings. The molecule has 0 atom stereocenters. The maximum absolute atomic E-state index is 12.2. The van der Waals surface area contributed by atoms with Crippen LogP contribution < -0.4 is 5.32 Å². The van der Waals surface area contributed by atoms with Crippen LogP contribution in [-0.2, 0) is 11.3 Å². The Balaban J connectivity index is 2.76. The molecule has 20 heavy (non-hydrogen) atoms. The smallest absolute Gasteiger partial charge is 0.237 e. The van der Waals surface area contributed by atoms with Crippen LogP contribution in [0.2, 0.25) is 10.0 Å². The van der Waals surface area contributed by atoms with Crippen LogP contribution in [0, 0.1) is 0 Å². The van der Waals surface area contributed by atoms with Crippen LogP contribution in [0.5, 0.6) is 0 Å². The number of nitrogens with zero attached hydrogens (tertiary/aromatic N) is 1. The van der Waals surface area contributed by atoms with Crippen molar-refractivity contribution in [3.8, 4) is 0 Å². The maximum atomic E-state index is 12.2. The normalized spacial score (nSPS) is 11.2. The summed E-state index contributed by atoms with van der Waals surface area (Å²) in [6.45, 7) is 8.93. The Morgan fingerprint density at radius 1 is 1.20 bits per heavy atom. The predicted molar refractivity (Wildman–Crippen MR) is 85.3 cm³/mol. The van der Waals surface area contributed by atoms with Gasteiger partial charge in [-0.15, -0.1) is 0 Å². The Labute approximate surface area is 131 Å². The number of rotatable bonds is 6. The van der Waals surface area contributed by atoms with Gasteiger partial charge in [0.15, 0.2) is 0 Å². The van der Waals surface area contributed by atoms with Gasteiger partial charge < -0.3 is 10.2 Å². The lowest BCUT2D eigenvalue weighted by Crippen LogP contribution is -2.43. The van der Waals surface area contributed by atoms with Gasteiger partial charge in [0.2, 0.25) is 5.91 Å². The highest BCUT2D eigenvalue weighted by Gasteiger charge is 2.17. The molecule has 112 valence electrons. The van der Waals surface area contributed by atoms with Gasteiger partial charge in [-0.1, -0.05) is 43.1 Å². The summed E-state index contributed by atoms with van der Waals surface area (Å²) in [4.78, 5) is 14.1. The molecule has 0 radical (unpaired) electrons. The Bertz CT molecular complexity index is 461. The molecule has 0 aliphatic carbocycles. The van der Waals surface area contributed by atoms with Crippen LogP contribution in [0.3, 0.4) is 0 Å². The molecule has 0 bridgehead atoms. The van der Waals surface area contributed by atoms with Crippen molar-refractivity contribution >= 4 is 29.1 Å². The highest BCUT2D eigenvalue weighted by molar-refractivity contribution is 6.42. The van der Waals surface area contributed by atoms with Crippen molar-refractivity contribution < 1.29 is 4.79 Å². The third kappa shape index (κ3) is 5.31. The third-order valence-corrected chi connectivity index (χ3v) is 3.68. The van der Waals surface area contributed by atoms with E-state index in [9.17, 15) is 4.79 Å². The van der Waals surface area contributed by atoms with Gasteiger partial charge in [0.25, 0.3) is 0 Å². The van der Waals surface area contributed by atoms with E-state index in [4.69, 9.17) is 23.2 Å². The van der Waals surface area contributed by atoms with Gasteiger partial charge in [-0.3, -0.25) is 4.79 Å². The monoisotopic (exact) mass is 316 g/mol. The second-order valence-electron chi connectivity index (χ2n) is 5.40. The van der Waals surface area contributed by atoms with Crippen LogP contribution in [0.25, 0.3) is 0 Å². The minimum atomic E-state index is 0.0831. The molecule has 0 heterocycles. The van der Waals surface area contributed by atoms with E-state index in [0.29, 0.717) is 23.1 Å². The molecule has 0 spiro atoms. The average molecular weight is 317 g/mol. The van der Waals surface area contributed by atoms with E-state index in [2.05, 4.69) is 5.32 Å². The molecule has 3 nitrogen and oxygen atoms in total. The van der Waals surface area contributed by atoms with Gasteiger partial charge in [-0.25, -0.2) is 0 Å². The van der Waals surface area contributed by atoms with E-state index in [1.165, 1.54) is 0 Å². The number of hydrogen-bond donors (Lipinski definition) is 1. The first-order valence-corrected chi connectivity index (χ1v) is 7.53. The van der Waals surface area contributed by atoms with E-state index < -0.39 is 0 Å². The first-order chi connectivity index (χ1) is 9.31. The molecular formula is C15H22Cl2N2O. The number of nitrogens with one attached hydrogen (secondary N) is 1. The molecule has 1 N–H and O–H groups in total. The second-order valence-corrected chi connectivity index (χ2v) is 6.21. The zero-order valence-corrected chi connectivity index (χ0v) is 13.9. The fourth-order valence-corrected chi connectivity index (χ4v) is 2.11. The summed E-state index contributed by atoms with van der Waals surface area (Å²) in [7, 11) is 0. The molecule has 0 saturated carbocycles. The van der Waals surface area contributed by atoms with Gasteiger partial charge in [0, 0.05) is 18.6 Å². The highest BCUT2D eigenvalue weighted by atomic mass is 35.5. The molecule has 0 aromatic heterocycles. The molecule has 0 fully saturated rings. The molecule has 1 aromatic rings. The Morgan fingerprint density at radius 2 is 1.85 bits per heavy atom. The van der Waals surface area contributed by atoms with Crippen LogP contribution in [0.15, 0.2) is 18.2 Å². The minimum absolute atomic E-state index is 0.0831. The van der Waals surface area contributed by atoms with Crippen LogP contribution in [0.4, 0.5) is 0 Å². The summed E-state index contributed by atoms with van der Waals surface area (Å²) in [5.41, 5.74) is 0.978. The van der Waals surface area contributed by atoms with Crippen LogP contribution >= 0.6 is 23.2 Å². The molecule has 1 aromatic carbocycles. The van der Waals surface area contributed by atoms with E-state index >= 15 is 0 Å². The van der Waals surface area contributed by atoms with E-state index in [1.54, 1.807) is 6.07 Å². The number of carbonyl (C=O) groups excluding carboxylic acids is 1. The van der Waals surface area contributed by atoms with E-state index in [0.717, 1.165) is 5.56 Å². The summed E-state index contributed by atoms with van der Waals surface area (Å²) in [5, 5.41) is 4.19. The fraction of sp³-hybridized carbons (Fsp3) is 0.533. The van der Waals surface area contributed by atoms with Gasteiger partial charge in [-0.05, 0) is 31.5 Å². The molecule has 0 saturated heterocycles. The fourth-order valence-electron chi connectivity index (χ4n) is 1.79. The lowest BCUT2D eigenvalue weighted by Gasteiger charge is -2.27. The van der Waals surface area contributed by atoms with Crippen molar-refractivity contribution in [3.05, 3.63) is 33.8 Å². The van der Waals surface area contributed by atoms with Gasteiger partial charge >= 0.3 is 0 Å². The number of carbonyl (C=O) groups is 1. The first kappa shape index (κ1) is 17.3. The number of hydrogen-bond acceptors (Lipinski definition) is 2. The zero-order chi connectivity index (χ0) is 15.3. The van der Waals surface area contributed by atoms with Gasteiger partial charge in [0.1, 0.15) is 0 Å². The summed E-state index contributed by atoms with van der Waals surface area (Å²) < 4.78 is 0. The first-order valence-electron chi connectivity index (χ1n) is 6.78. The topological polar surface area (TPSA) is 32.3 Å². The molecular weight excluding hydrogens is 295 g/mol. The Hall–Kier alpha value is -0.770. The largest absolute Gasteiger partial charge is 0.335 e. The van der Waals surface area contributed by atoms with E-state index in [1.807, 2.05) is 44.7 Å². The summed E-state index contributed by atoms with van der Waals surface area (Å²) in [5.74, 6) is 0.0831. The Kier molecular flexibility index (Phi) is 6.80. The molecule has 0 unspecified atom stereocenters. The van der Waals surface area contributed by atoms with E-state index in [-0.39, 0.29) is 18.0 Å². The van der Waals surface area contributed by atoms with Crippen LogP contribution in [0.1, 0.15) is 33.3 Å². The van der Waals surface area contributed by atoms with Crippen LogP contribution in [-0.4, -0.2) is 29.4 Å². The summed E-state index contributed by atoms with van der Waals surface area (Å²) in [6.07, 6.45) is 0. The quantitative estimate of drug-likeness (QED) is 0.867. The molecule has 1 rings (SSSR count). The van der Waals surface area contributed by atoms with Crippen molar-refractivity contribution in [3.63, 3.8) is 0 Å². The zero-order valence-electron chi connectivity index (χ0n) is 12.4. The molecule has 5 heteroatoms. The third-order valence-electron chi connectivity index (χ3n) is 2.94. The lowest BCUT2D eigenvalue weighted by atomic mass is 10.2. The number of amides is 1. The van der Waals surface area contributed by atoms with Crippen molar-refractivity contribution in [2.75, 3.05) is 6.54 Å². The van der Waals surface area contributed by atoms with Gasteiger partial charge in [-0.2, -0.15) is 0 Å². The standard InChI is InChI=1S/C15H22Cl2N2O/c1-10(2)18-8-15(20)19(11(3)4)9-12-5-6-13(16)14(17)7-12/h5-7,10-11,18H,8-9H2,1-4H3. The van der Waals surface area contributed by atoms with Crippen molar-refractivity contribution in [1.29, 1.82) is 0 Å². The van der Waals surface area contributed by atoms with Crippen molar-refractivity contribution in [2.24, 2.45) is 0 Å². The summed E-state index contributed by atoms with van der Waals surface area (Å²) >= 11 is 11.9. The number of halogens is 2.